The predicted molar refractivity (Wildman–Crippen MR) is 74.3 cm³/mol. The van der Waals surface area contributed by atoms with Crippen LogP contribution in [0.4, 0.5) is 5.69 Å². The molecule has 98 valence electrons. The molecule has 0 spiro atoms. The fourth-order valence-corrected chi connectivity index (χ4v) is 3.08. The van der Waals surface area contributed by atoms with Gasteiger partial charge in [0.15, 0.2) is 11.5 Å². The normalized spacial score (nSPS) is 16.5. The number of aryl methyl sites for hydroxylation is 1. The first-order valence-electron chi connectivity index (χ1n) is 6.79. The summed E-state index contributed by atoms with van der Waals surface area (Å²) < 4.78 is 11.3. The standard InChI is InChI=1S/C15H16N2O2/c1-16-15-9-3-2-4-11(9)17-12-8-14-13(7-10(12)15)18-5-6-19-14/h7-8H,2-6H2,1H3,(H,16,17). The number of rotatable bonds is 1. The molecule has 1 aromatic heterocycles. The predicted octanol–water partition coefficient (Wildman–Crippen LogP) is 2.54. The van der Waals surface area contributed by atoms with Crippen LogP contribution in [-0.2, 0) is 12.8 Å². The van der Waals surface area contributed by atoms with E-state index in [9.17, 15) is 0 Å². The summed E-state index contributed by atoms with van der Waals surface area (Å²) in [5.41, 5.74) is 4.80. The lowest BCUT2D eigenvalue weighted by Gasteiger charge is -2.20. The average Bonchev–Trinajstić information content (AvgIpc) is 2.90. The van der Waals surface area contributed by atoms with Crippen molar-refractivity contribution in [1.29, 1.82) is 0 Å². The molecule has 1 aromatic carbocycles. The van der Waals surface area contributed by atoms with Gasteiger partial charge >= 0.3 is 0 Å². The van der Waals surface area contributed by atoms with Crippen molar-refractivity contribution in [3.05, 3.63) is 23.4 Å². The molecule has 4 nitrogen and oxygen atoms in total. The maximum Gasteiger partial charge on any atom is 0.163 e. The zero-order valence-corrected chi connectivity index (χ0v) is 11.0. The molecule has 0 bridgehead atoms. The molecule has 2 aromatic rings. The van der Waals surface area contributed by atoms with Gasteiger partial charge in [-0.25, -0.2) is 0 Å². The molecule has 4 rings (SSSR count). The summed E-state index contributed by atoms with van der Waals surface area (Å²) in [5.74, 6) is 1.64. The number of anilines is 1. The largest absolute Gasteiger partial charge is 0.486 e. The molecule has 1 aliphatic heterocycles. The van der Waals surface area contributed by atoms with Crippen molar-refractivity contribution in [2.24, 2.45) is 0 Å². The third-order valence-corrected chi connectivity index (χ3v) is 3.93. The monoisotopic (exact) mass is 256 g/mol. The highest BCUT2D eigenvalue weighted by Crippen LogP contribution is 2.40. The first-order chi connectivity index (χ1) is 9.36. The number of fused-ring (bicyclic) bond motifs is 3. The maximum atomic E-state index is 5.67. The summed E-state index contributed by atoms with van der Waals surface area (Å²) >= 11 is 0. The van der Waals surface area contributed by atoms with E-state index in [1.807, 2.05) is 13.1 Å². The Morgan fingerprint density at radius 2 is 1.89 bits per heavy atom. The topological polar surface area (TPSA) is 43.4 Å². The molecule has 0 saturated heterocycles. The highest BCUT2D eigenvalue weighted by atomic mass is 16.6. The molecule has 0 fully saturated rings. The maximum absolute atomic E-state index is 5.67. The van der Waals surface area contributed by atoms with Crippen LogP contribution in [-0.4, -0.2) is 25.2 Å². The second kappa shape index (κ2) is 4.02. The van der Waals surface area contributed by atoms with Crippen molar-refractivity contribution < 1.29 is 9.47 Å². The third-order valence-electron chi connectivity index (χ3n) is 3.93. The summed E-state index contributed by atoms with van der Waals surface area (Å²) in [4.78, 5) is 4.80. The van der Waals surface area contributed by atoms with Crippen LogP contribution in [0.3, 0.4) is 0 Å². The lowest BCUT2D eigenvalue weighted by molar-refractivity contribution is 0.172. The van der Waals surface area contributed by atoms with E-state index in [0.29, 0.717) is 13.2 Å². The Kier molecular flexibility index (Phi) is 2.31. The van der Waals surface area contributed by atoms with Crippen LogP contribution >= 0.6 is 0 Å². The molecule has 0 saturated carbocycles. The Labute approximate surface area is 111 Å². The Morgan fingerprint density at radius 1 is 1.11 bits per heavy atom. The van der Waals surface area contributed by atoms with E-state index in [4.69, 9.17) is 14.5 Å². The molecule has 0 unspecified atom stereocenters. The zero-order chi connectivity index (χ0) is 12.8. The van der Waals surface area contributed by atoms with Crippen molar-refractivity contribution >= 4 is 16.6 Å². The first kappa shape index (κ1) is 10.9. The molecular weight excluding hydrogens is 240 g/mol. The minimum absolute atomic E-state index is 0.613. The summed E-state index contributed by atoms with van der Waals surface area (Å²) in [6.45, 7) is 1.23. The average molecular weight is 256 g/mol. The van der Waals surface area contributed by atoms with Crippen LogP contribution < -0.4 is 14.8 Å². The van der Waals surface area contributed by atoms with Crippen molar-refractivity contribution in [3.8, 4) is 11.5 Å². The van der Waals surface area contributed by atoms with E-state index in [1.165, 1.54) is 23.4 Å². The van der Waals surface area contributed by atoms with E-state index in [2.05, 4.69) is 11.4 Å². The van der Waals surface area contributed by atoms with Gasteiger partial charge in [0.1, 0.15) is 13.2 Å². The van der Waals surface area contributed by atoms with Crippen LogP contribution in [0.15, 0.2) is 12.1 Å². The van der Waals surface area contributed by atoms with Gasteiger partial charge in [0, 0.05) is 29.9 Å². The molecule has 0 atom stereocenters. The van der Waals surface area contributed by atoms with E-state index in [-0.39, 0.29) is 0 Å². The quantitative estimate of drug-likeness (QED) is 0.851. The van der Waals surface area contributed by atoms with Gasteiger partial charge in [-0.1, -0.05) is 0 Å². The van der Waals surface area contributed by atoms with Gasteiger partial charge in [-0.15, -0.1) is 0 Å². The van der Waals surface area contributed by atoms with Crippen LogP contribution in [0.2, 0.25) is 0 Å². The zero-order valence-electron chi connectivity index (χ0n) is 11.0. The van der Waals surface area contributed by atoms with E-state index < -0.39 is 0 Å². The van der Waals surface area contributed by atoms with Gasteiger partial charge in [0.25, 0.3) is 0 Å². The number of pyridine rings is 1. The molecule has 1 aliphatic carbocycles. The first-order valence-corrected chi connectivity index (χ1v) is 6.79. The van der Waals surface area contributed by atoms with Gasteiger partial charge in [-0.3, -0.25) is 4.98 Å². The third kappa shape index (κ3) is 1.56. The highest BCUT2D eigenvalue weighted by Gasteiger charge is 2.21. The van der Waals surface area contributed by atoms with Crippen molar-refractivity contribution in [2.75, 3.05) is 25.6 Å². The molecular formula is C15H16N2O2. The second-order valence-electron chi connectivity index (χ2n) is 5.03. The molecule has 0 amide bonds. The Morgan fingerprint density at radius 3 is 2.68 bits per heavy atom. The van der Waals surface area contributed by atoms with Crippen molar-refractivity contribution in [2.45, 2.75) is 19.3 Å². The smallest absolute Gasteiger partial charge is 0.163 e. The number of hydrogen-bond acceptors (Lipinski definition) is 4. The van der Waals surface area contributed by atoms with Crippen molar-refractivity contribution in [3.63, 3.8) is 0 Å². The van der Waals surface area contributed by atoms with Gasteiger partial charge in [0.05, 0.1) is 5.52 Å². The van der Waals surface area contributed by atoms with Crippen molar-refractivity contribution in [1.82, 2.24) is 4.98 Å². The fraction of sp³-hybridized carbons (Fsp3) is 0.400. The SMILES string of the molecule is CNc1c2c(nc3cc4c(cc13)OCCO4)CCC2. The van der Waals surface area contributed by atoms with Gasteiger partial charge in [-0.2, -0.15) is 0 Å². The summed E-state index contributed by atoms with van der Waals surface area (Å²) in [6.07, 6.45) is 3.39. The van der Waals surface area contributed by atoms with Gasteiger partial charge in [-0.05, 0) is 30.9 Å². The number of nitrogens with one attached hydrogen (secondary N) is 1. The Hall–Kier alpha value is -1.97. The van der Waals surface area contributed by atoms with Crippen LogP contribution in [0.25, 0.3) is 10.9 Å². The van der Waals surface area contributed by atoms with E-state index in [0.717, 1.165) is 35.2 Å². The highest BCUT2D eigenvalue weighted by molar-refractivity contribution is 5.95. The summed E-state index contributed by atoms with van der Waals surface area (Å²) in [7, 11) is 1.98. The number of nitrogens with zero attached hydrogens (tertiary/aromatic N) is 1. The molecule has 2 heterocycles. The van der Waals surface area contributed by atoms with E-state index >= 15 is 0 Å². The Bertz CT molecular complexity index is 667. The van der Waals surface area contributed by atoms with Gasteiger partial charge in [0.2, 0.25) is 0 Å². The summed E-state index contributed by atoms with van der Waals surface area (Å²) in [5, 5.41) is 4.47. The lowest BCUT2D eigenvalue weighted by Crippen LogP contribution is -2.15. The molecule has 4 heteroatoms. The molecule has 2 aliphatic rings. The number of benzene rings is 1. The van der Waals surface area contributed by atoms with Crippen LogP contribution in [0, 0.1) is 0 Å². The molecule has 19 heavy (non-hydrogen) atoms. The number of ether oxygens (including phenoxy) is 2. The lowest BCUT2D eigenvalue weighted by atomic mass is 10.1. The minimum atomic E-state index is 0.613. The fourth-order valence-electron chi connectivity index (χ4n) is 3.08. The molecule has 1 N–H and O–H groups in total. The van der Waals surface area contributed by atoms with Gasteiger partial charge < -0.3 is 14.8 Å². The Balaban J connectivity index is 2.03. The number of hydrogen-bond donors (Lipinski definition) is 1. The number of aromatic nitrogens is 1. The minimum Gasteiger partial charge on any atom is -0.486 e. The summed E-state index contributed by atoms with van der Waals surface area (Å²) in [6, 6.07) is 4.06. The van der Waals surface area contributed by atoms with E-state index in [1.54, 1.807) is 0 Å². The second-order valence-corrected chi connectivity index (χ2v) is 5.03. The van der Waals surface area contributed by atoms with Crippen LogP contribution in [0.5, 0.6) is 11.5 Å². The van der Waals surface area contributed by atoms with Crippen LogP contribution in [0.1, 0.15) is 17.7 Å². The molecule has 0 radical (unpaired) electrons.